The molecule has 2 heterocycles. The third kappa shape index (κ3) is 3.87. The van der Waals surface area contributed by atoms with Gasteiger partial charge in [-0.15, -0.1) is 0 Å². The largest absolute Gasteiger partial charge is 0.323 e. The highest BCUT2D eigenvalue weighted by atomic mass is 19.1. The third-order valence-electron chi connectivity index (χ3n) is 4.74. The first kappa shape index (κ1) is 18.8. The van der Waals surface area contributed by atoms with Crippen LogP contribution >= 0.6 is 0 Å². The number of nitrogens with one attached hydrogen (secondary N) is 2. The number of imidazole rings is 1. The van der Waals surface area contributed by atoms with Crippen LogP contribution in [-0.4, -0.2) is 21.4 Å². The Hall–Kier alpha value is -3.55. The highest BCUT2D eigenvalue weighted by Crippen LogP contribution is 2.23. The number of aromatic nitrogens is 2. The number of carbonyl (C=O) groups is 2. The van der Waals surface area contributed by atoms with Crippen LogP contribution in [-0.2, 0) is 13.0 Å². The van der Waals surface area contributed by atoms with Crippen LogP contribution in [0.15, 0.2) is 48.5 Å². The molecule has 2 N–H and O–H groups in total. The normalized spacial score (nSPS) is 12.9. The molecule has 0 atom stereocenters. The monoisotopic (exact) mass is 396 g/mol. The van der Waals surface area contributed by atoms with E-state index in [4.69, 9.17) is 0 Å². The summed E-state index contributed by atoms with van der Waals surface area (Å²) in [6.07, 6.45) is 2.29. The Kier molecular flexibility index (Phi) is 5.07. The van der Waals surface area contributed by atoms with E-state index in [2.05, 4.69) is 15.6 Å². The van der Waals surface area contributed by atoms with Crippen molar-refractivity contribution in [1.82, 2.24) is 9.55 Å². The number of para-hydroxylation sites is 1. The van der Waals surface area contributed by atoms with E-state index in [0.29, 0.717) is 24.3 Å². The summed E-state index contributed by atoms with van der Waals surface area (Å²) < 4.78 is 29.0. The third-order valence-corrected chi connectivity index (χ3v) is 4.74. The molecule has 29 heavy (non-hydrogen) atoms. The lowest BCUT2D eigenvalue weighted by atomic mass is 10.1. The predicted octanol–water partition coefficient (Wildman–Crippen LogP) is 4.00. The molecule has 1 aliphatic heterocycles. The van der Waals surface area contributed by atoms with Gasteiger partial charge in [0, 0.05) is 12.2 Å². The standard InChI is InChI=1S/C21H18F2N4O2/c22-13-6-5-7-14(12-13)24-21(29)19-26-18(17-10-3-4-11-27(17)19)20(28)25-16-9-2-1-8-15(16)23/h1-2,5-9,12H,3-4,10-11H2,(H,24,29)(H,25,28). The Morgan fingerprint density at radius 1 is 0.966 bits per heavy atom. The molecule has 1 aromatic heterocycles. The fraction of sp³-hybridized carbons (Fsp3) is 0.190. The molecule has 1 aliphatic rings. The van der Waals surface area contributed by atoms with Crippen LogP contribution in [0.25, 0.3) is 0 Å². The highest BCUT2D eigenvalue weighted by molar-refractivity contribution is 6.07. The van der Waals surface area contributed by atoms with E-state index in [1.807, 2.05) is 0 Å². The van der Waals surface area contributed by atoms with Crippen molar-refractivity contribution < 1.29 is 18.4 Å². The van der Waals surface area contributed by atoms with Crippen molar-refractivity contribution in [2.75, 3.05) is 10.6 Å². The molecule has 0 radical (unpaired) electrons. The van der Waals surface area contributed by atoms with E-state index < -0.39 is 23.4 Å². The number of nitrogens with zero attached hydrogens (tertiary/aromatic N) is 2. The van der Waals surface area contributed by atoms with Gasteiger partial charge in [0.25, 0.3) is 11.8 Å². The van der Waals surface area contributed by atoms with Gasteiger partial charge in [-0.1, -0.05) is 18.2 Å². The summed E-state index contributed by atoms with van der Waals surface area (Å²) in [6.45, 7) is 0.543. The number of anilines is 2. The second-order valence-corrected chi connectivity index (χ2v) is 6.74. The zero-order valence-corrected chi connectivity index (χ0v) is 15.4. The lowest BCUT2D eigenvalue weighted by Crippen LogP contribution is -2.21. The van der Waals surface area contributed by atoms with Gasteiger partial charge in [-0.05, 0) is 49.6 Å². The Bertz CT molecular complexity index is 1090. The highest BCUT2D eigenvalue weighted by Gasteiger charge is 2.28. The number of fused-ring (bicyclic) bond motifs is 1. The van der Waals surface area contributed by atoms with Crippen molar-refractivity contribution in [3.05, 3.63) is 77.4 Å². The molecule has 2 aromatic carbocycles. The van der Waals surface area contributed by atoms with E-state index in [-0.39, 0.29) is 17.2 Å². The second kappa shape index (κ2) is 7.83. The maximum atomic E-state index is 13.9. The van der Waals surface area contributed by atoms with E-state index in [9.17, 15) is 18.4 Å². The minimum absolute atomic E-state index is 0.0424. The first-order valence-corrected chi connectivity index (χ1v) is 9.25. The number of halogens is 2. The van der Waals surface area contributed by atoms with E-state index >= 15 is 0 Å². The molecule has 0 saturated heterocycles. The number of hydrogen-bond donors (Lipinski definition) is 2. The van der Waals surface area contributed by atoms with Crippen molar-refractivity contribution in [2.24, 2.45) is 0 Å². The molecular formula is C21H18F2N4O2. The number of benzene rings is 2. The fourth-order valence-corrected chi connectivity index (χ4v) is 3.40. The Balaban J connectivity index is 1.64. The molecule has 0 fully saturated rings. The minimum atomic E-state index is -0.578. The topological polar surface area (TPSA) is 76.0 Å². The number of carbonyl (C=O) groups excluding carboxylic acids is 2. The summed E-state index contributed by atoms with van der Waals surface area (Å²) in [6, 6.07) is 11.4. The molecular weight excluding hydrogens is 378 g/mol. The maximum Gasteiger partial charge on any atom is 0.291 e. The molecule has 0 bridgehead atoms. The predicted molar refractivity (Wildman–Crippen MR) is 104 cm³/mol. The van der Waals surface area contributed by atoms with Crippen LogP contribution in [0, 0.1) is 11.6 Å². The summed E-state index contributed by atoms with van der Waals surface area (Å²) in [5, 5.41) is 5.12. The van der Waals surface area contributed by atoms with Gasteiger partial charge in [-0.2, -0.15) is 0 Å². The van der Waals surface area contributed by atoms with E-state index in [1.54, 1.807) is 16.7 Å². The summed E-state index contributed by atoms with van der Waals surface area (Å²) in [4.78, 5) is 29.7. The van der Waals surface area contributed by atoms with Gasteiger partial charge < -0.3 is 15.2 Å². The van der Waals surface area contributed by atoms with Crippen molar-refractivity contribution in [1.29, 1.82) is 0 Å². The van der Waals surface area contributed by atoms with Crippen LogP contribution in [0.3, 0.4) is 0 Å². The van der Waals surface area contributed by atoms with Crippen LogP contribution < -0.4 is 10.6 Å². The summed E-state index contributed by atoms with van der Waals surface area (Å²) >= 11 is 0. The second-order valence-electron chi connectivity index (χ2n) is 6.74. The van der Waals surface area contributed by atoms with Crippen LogP contribution in [0.5, 0.6) is 0 Å². The average molecular weight is 396 g/mol. The summed E-state index contributed by atoms with van der Waals surface area (Å²) in [7, 11) is 0. The minimum Gasteiger partial charge on any atom is -0.323 e. The molecule has 0 saturated carbocycles. The molecule has 0 unspecified atom stereocenters. The lowest BCUT2D eigenvalue weighted by molar-refractivity contribution is 0.101. The van der Waals surface area contributed by atoms with Gasteiger partial charge in [0.1, 0.15) is 11.6 Å². The molecule has 148 valence electrons. The van der Waals surface area contributed by atoms with E-state index in [1.165, 1.54) is 36.4 Å². The zero-order chi connectivity index (χ0) is 20.4. The summed E-state index contributed by atoms with van der Waals surface area (Å²) in [5.74, 6) is -2.08. The van der Waals surface area contributed by atoms with Gasteiger partial charge in [-0.3, -0.25) is 9.59 Å². The first-order chi connectivity index (χ1) is 14.0. The number of amides is 2. The van der Waals surface area contributed by atoms with Gasteiger partial charge in [0.05, 0.1) is 11.4 Å². The van der Waals surface area contributed by atoms with E-state index in [0.717, 1.165) is 12.8 Å². The van der Waals surface area contributed by atoms with Gasteiger partial charge >= 0.3 is 0 Å². The SMILES string of the molecule is O=C(Nc1ccccc1F)c1nc(C(=O)Nc2cccc(F)c2)n2c1CCCC2. The summed E-state index contributed by atoms with van der Waals surface area (Å²) in [5.41, 5.74) is 1.06. The molecule has 6 nitrogen and oxygen atoms in total. The first-order valence-electron chi connectivity index (χ1n) is 9.25. The van der Waals surface area contributed by atoms with Crippen molar-refractivity contribution in [2.45, 2.75) is 25.8 Å². The van der Waals surface area contributed by atoms with Gasteiger partial charge in [-0.25, -0.2) is 13.8 Å². The van der Waals surface area contributed by atoms with Crippen LogP contribution in [0.2, 0.25) is 0 Å². The molecule has 0 aliphatic carbocycles. The fourth-order valence-electron chi connectivity index (χ4n) is 3.40. The molecule has 8 heteroatoms. The molecule has 0 spiro atoms. The Morgan fingerprint density at radius 3 is 2.59 bits per heavy atom. The molecule has 3 aromatic rings. The van der Waals surface area contributed by atoms with Crippen molar-refractivity contribution in [3.63, 3.8) is 0 Å². The Morgan fingerprint density at radius 2 is 1.79 bits per heavy atom. The van der Waals surface area contributed by atoms with Crippen molar-refractivity contribution >= 4 is 23.2 Å². The van der Waals surface area contributed by atoms with Gasteiger partial charge in [0.2, 0.25) is 0 Å². The lowest BCUT2D eigenvalue weighted by Gasteiger charge is -2.17. The smallest absolute Gasteiger partial charge is 0.291 e. The molecule has 4 rings (SSSR count). The van der Waals surface area contributed by atoms with Gasteiger partial charge in [0.15, 0.2) is 11.5 Å². The van der Waals surface area contributed by atoms with Crippen LogP contribution in [0.1, 0.15) is 39.6 Å². The molecule has 2 amide bonds. The zero-order valence-electron chi connectivity index (χ0n) is 15.4. The van der Waals surface area contributed by atoms with Crippen LogP contribution in [0.4, 0.5) is 20.2 Å². The number of rotatable bonds is 4. The Labute approximate surface area is 165 Å². The number of hydrogen-bond acceptors (Lipinski definition) is 3. The average Bonchev–Trinajstić information content (AvgIpc) is 3.10. The quantitative estimate of drug-likeness (QED) is 0.700. The van der Waals surface area contributed by atoms with Crippen molar-refractivity contribution in [3.8, 4) is 0 Å². The maximum absolute atomic E-state index is 13.9.